The number of rotatable bonds is 5. The van der Waals surface area contributed by atoms with E-state index in [2.05, 4.69) is 9.88 Å². The van der Waals surface area contributed by atoms with Crippen LogP contribution in [0.15, 0.2) is 64.0 Å². The van der Waals surface area contributed by atoms with Gasteiger partial charge in [0.15, 0.2) is 5.82 Å². The van der Waals surface area contributed by atoms with Crippen LogP contribution >= 0.6 is 0 Å². The summed E-state index contributed by atoms with van der Waals surface area (Å²) in [5.41, 5.74) is 1.97. The van der Waals surface area contributed by atoms with E-state index in [-0.39, 0.29) is 10.7 Å². The van der Waals surface area contributed by atoms with Gasteiger partial charge in [0.1, 0.15) is 5.76 Å². The van der Waals surface area contributed by atoms with Crippen LogP contribution in [0, 0.1) is 6.92 Å². The van der Waals surface area contributed by atoms with Crippen molar-refractivity contribution in [2.75, 3.05) is 11.8 Å². The first-order valence-electron chi connectivity index (χ1n) is 7.64. The molecule has 7 nitrogen and oxygen atoms in total. The molecule has 0 spiro atoms. The highest BCUT2D eigenvalue weighted by Crippen LogP contribution is 2.23. The zero-order chi connectivity index (χ0) is 18.7. The molecule has 0 radical (unpaired) electrons. The SMILES string of the molecule is COC(=O)c1cccc(-c2ccc(S(=O)(=O)Nc3cc(C)on3)cc2)c1. The summed E-state index contributed by atoms with van der Waals surface area (Å²) in [4.78, 5) is 11.7. The lowest BCUT2D eigenvalue weighted by Crippen LogP contribution is -2.13. The summed E-state index contributed by atoms with van der Waals surface area (Å²) in [6.07, 6.45) is 0. The van der Waals surface area contributed by atoms with E-state index in [1.807, 2.05) is 6.07 Å². The van der Waals surface area contributed by atoms with Gasteiger partial charge in [0.25, 0.3) is 10.0 Å². The Morgan fingerprint density at radius 1 is 1.08 bits per heavy atom. The van der Waals surface area contributed by atoms with E-state index >= 15 is 0 Å². The number of benzene rings is 2. The van der Waals surface area contributed by atoms with Crippen LogP contribution in [0.1, 0.15) is 16.1 Å². The smallest absolute Gasteiger partial charge is 0.337 e. The molecule has 1 aromatic heterocycles. The first-order chi connectivity index (χ1) is 12.4. The van der Waals surface area contributed by atoms with E-state index in [9.17, 15) is 13.2 Å². The van der Waals surface area contributed by atoms with Gasteiger partial charge in [-0.15, -0.1) is 0 Å². The third kappa shape index (κ3) is 3.75. The maximum absolute atomic E-state index is 12.4. The molecule has 1 heterocycles. The average Bonchev–Trinajstić information content (AvgIpc) is 3.05. The number of nitrogens with zero attached hydrogens (tertiary/aromatic N) is 1. The highest BCUT2D eigenvalue weighted by atomic mass is 32.2. The largest absolute Gasteiger partial charge is 0.465 e. The maximum atomic E-state index is 12.4. The molecule has 0 bridgehead atoms. The minimum absolute atomic E-state index is 0.0889. The molecule has 0 amide bonds. The maximum Gasteiger partial charge on any atom is 0.337 e. The van der Waals surface area contributed by atoms with Crippen molar-refractivity contribution in [1.29, 1.82) is 0 Å². The standard InChI is InChI=1S/C18H16N2O5S/c1-12-10-17(19-25-12)20-26(22,23)16-8-6-13(7-9-16)14-4-3-5-15(11-14)18(21)24-2/h3-11H,1-2H3,(H,19,20). The summed E-state index contributed by atoms with van der Waals surface area (Å²) in [6.45, 7) is 1.67. The predicted octanol–water partition coefficient (Wildman–Crippen LogP) is 3.24. The third-order valence-electron chi connectivity index (χ3n) is 3.65. The molecule has 0 aliphatic carbocycles. The minimum Gasteiger partial charge on any atom is -0.465 e. The molecule has 0 aliphatic heterocycles. The Kier molecular flexibility index (Phi) is 4.77. The van der Waals surface area contributed by atoms with Gasteiger partial charge in [-0.05, 0) is 42.3 Å². The van der Waals surface area contributed by atoms with Crippen molar-refractivity contribution in [1.82, 2.24) is 5.16 Å². The lowest BCUT2D eigenvalue weighted by atomic mass is 10.0. The van der Waals surface area contributed by atoms with E-state index in [1.165, 1.54) is 25.3 Å². The van der Waals surface area contributed by atoms with Crippen LogP contribution in [0.2, 0.25) is 0 Å². The zero-order valence-corrected chi connectivity index (χ0v) is 14.9. The summed E-state index contributed by atoms with van der Waals surface area (Å²) in [5, 5.41) is 3.62. The summed E-state index contributed by atoms with van der Waals surface area (Å²) in [6, 6.07) is 14.7. The predicted molar refractivity (Wildman–Crippen MR) is 95.3 cm³/mol. The van der Waals surface area contributed by atoms with Gasteiger partial charge >= 0.3 is 5.97 Å². The van der Waals surface area contributed by atoms with Crippen molar-refractivity contribution in [3.8, 4) is 11.1 Å². The molecule has 134 valence electrons. The lowest BCUT2D eigenvalue weighted by molar-refractivity contribution is 0.0601. The molecule has 0 saturated carbocycles. The van der Waals surface area contributed by atoms with Gasteiger partial charge in [-0.2, -0.15) is 0 Å². The molecule has 3 aromatic rings. The molecular weight excluding hydrogens is 356 g/mol. The molecule has 0 fully saturated rings. The third-order valence-corrected chi connectivity index (χ3v) is 5.02. The first kappa shape index (κ1) is 17.7. The summed E-state index contributed by atoms with van der Waals surface area (Å²) >= 11 is 0. The molecule has 2 aromatic carbocycles. The summed E-state index contributed by atoms with van der Waals surface area (Å²) in [5.74, 6) is 0.194. The van der Waals surface area contributed by atoms with Crippen molar-refractivity contribution in [3.63, 3.8) is 0 Å². The number of anilines is 1. The van der Waals surface area contributed by atoms with Crippen molar-refractivity contribution < 1.29 is 22.5 Å². The monoisotopic (exact) mass is 372 g/mol. The second-order valence-electron chi connectivity index (χ2n) is 5.53. The summed E-state index contributed by atoms with van der Waals surface area (Å²) < 4.78 is 36.7. The Morgan fingerprint density at radius 2 is 1.81 bits per heavy atom. The molecule has 0 aliphatic rings. The van der Waals surface area contributed by atoms with E-state index in [4.69, 9.17) is 9.26 Å². The number of aromatic nitrogens is 1. The van der Waals surface area contributed by atoms with Crippen molar-refractivity contribution in [2.24, 2.45) is 0 Å². The fourth-order valence-electron chi connectivity index (χ4n) is 2.38. The van der Waals surface area contributed by atoms with E-state index in [0.717, 1.165) is 11.1 Å². The number of aryl methyl sites for hydroxylation is 1. The number of hydrogen-bond acceptors (Lipinski definition) is 6. The second kappa shape index (κ2) is 7.01. The van der Waals surface area contributed by atoms with Gasteiger partial charge in [-0.3, -0.25) is 4.72 Å². The quantitative estimate of drug-likeness (QED) is 0.691. The van der Waals surface area contributed by atoms with Crippen LogP contribution in [0.5, 0.6) is 0 Å². The molecule has 8 heteroatoms. The number of hydrogen-bond donors (Lipinski definition) is 1. The average molecular weight is 372 g/mol. The number of carbonyl (C=O) groups excluding carboxylic acids is 1. The van der Waals surface area contributed by atoms with Crippen LogP contribution in [-0.4, -0.2) is 26.7 Å². The van der Waals surface area contributed by atoms with Gasteiger partial charge in [0, 0.05) is 6.07 Å². The highest BCUT2D eigenvalue weighted by Gasteiger charge is 2.16. The molecule has 0 atom stereocenters. The van der Waals surface area contributed by atoms with Gasteiger partial charge < -0.3 is 9.26 Å². The van der Waals surface area contributed by atoms with E-state index in [0.29, 0.717) is 11.3 Å². The van der Waals surface area contributed by atoms with Crippen LogP contribution < -0.4 is 4.72 Å². The first-order valence-corrected chi connectivity index (χ1v) is 9.12. The number of nitrogens with one attached hydrogen (secondary N) is 1. The van der Waals surface area contributed by atoms with Crippen molar-refractivity contribution >= 4 is 21.8 Å². The fourth-order valence-corrected chi connectivity index (χ4v) is 3.36. The molecule has 3 rings (SSSR count). The normalized spacial score (nSPS) is 11.2. The van der Waals surface area contributed by atoms with E-state index in [1.54, 1.807) is 37.3 Å². The van der Waals surface area contributed by atoms with Crippen LogP contribution in [-0.2, 0) is 14.8 Å². The molecular formula is C18H16N2O5S. The number of esters is 1. The fraction of sp³-hybridized carbons (Fsp3) is 0.111. The van der Waals surface area contributed by atoms with Gasteiger partial charge in [-0.1, -0.05) is 29.4 Å². The summed E-state index contributed by atoms with van der Waals surface area (Å²) in [7, 11) is -2.45. The number of sulfonamides is 1. The molecule has 0 unspecified atom stereocenters. The Labute approximate surface area is 150 Å². The number of methoxy groups -OCH3 is 1. The Morgan fingerprint density at radius 3 is 2.42 bits per heavy atom. The Bertz CT molecular complexity index is 1040. The molecule has 26 heavy (non-hydrogen) atoms. The van der Waals surface area contributed by atoms with E-state index < -0.39 is 16.0 Å². The Hall–Kier alpha value is -3.13. The number of carbonyl (C=O) groups is 1. The topological polar surface area (TPSA) is 98.5 Å². The zero-order valence-electron chi connectivity index (χ0n) is 14.1. The van der Waals surface area contributed by atoms with Gasteiger partial charge in [-0.25, -0.2) is 13.2 Å². The minimum atomic E-state index is -3.77. The highest BCUT2D eigenvalue weighted by molar-refractivity contribution is 7.92. The second-order valence-corrected chi connectivity index (χ2v) is 7.21. The van der Waals surface area contributed by atoms with Crippen LogP contribution in [0.3, 0.4) is 0 Å². The van der Waals surface area contributed by atoms with Crippen molar-refractivity contribution in [3.05, 3.63) is 65.9 Å². The van der Waals surface area contributed by atoms with Gasteiger partial charge in [0.05, 0.1) is 17.6 Å². The lowest BCUT2D eigenvalue weighted by Gasteiger charge is -2.07. The number of ether oxygens (including phenoxy) is 1. The molecule has 1 N–H and O–H groups in total. The van der Waals surface area contributed by atoms with Crippen LogP contribution in [0.4, 0.5) is 5.82 Å². The van der Waals surface area contributed by atoms with Gasteiger partial charge in [0.2, 0.25) is 0 Å². The molecule has 0 saturated heterocycles. The van der Waals surface area contributed by atoms with Crippen LogP contribution in [0.25, 0.3) is 11.1 Å². The Balaban J connectivity index is 1.85. The van der Waals surface area contributed by atoms with Crippen molar-refractivity contribution in [2.45, 2.75) is 11.8 Å².